The van der Waals surface area contributed by atoms with Gasteiger partial charge in [-0.25, -0.2) is 0 Å². The molecule has 0 unspecified atom stereocenters. The molecule has 3 nitrogen and oxygen atoms in total. The molecule has 0 radical (unpaired) electrons. The third-order valence-corrected chi connectivity index (χ3v) is 1.42. The number of methoxy groups -OCH3 is 1. The van der Waals surface area contributed by atoms with Gasteiger partial charge < -0.3 is 4.74 Å². The van der Waals surface area contributed by atoms with Crippen LogP contribution in [0.3, 0.4) is 0 Å². The lowest BCUT2D eigenvalue weighted by atomic mass is 10.2. The minimum absolute atomic E-state index is 0.105. The van der Waals surface area contributed by atoms with E-state index in [0.29, 0.717) is 12.8 Å². The lowest BCUT2D eigenvalue weighted by Crippen LogP contribution is -1.99. The fourth-order valence-corrected chi connectivity index (χ4v) is 0.901. The van der Waals surface area contributed by atoms with Gasteiger partial charge in [0.1, 0.15) is 0 Å². The van der Waals surface area contributed by atoms with Crippen molar-refractivity contribution in [3.8, 4) is 0 Å². The van der Waals surface area contributed by atoms with Crippen LogP contribution in [0.5, 0.6) is 0 Å². The summed E-state index contributed by atoms with van der Waals surface area (Å²) in [7, 11) is 1.42. The van der Waals surface area contributed by atoms with E-state index in [1.807, 2.05) is 0 Å². The van der Waals surface area contributed by atoms with Crippen molar-refractivity contribution in [1.82, 2.24) is 0 Å². The standard InChI is InChI=1S/C7H8O3/c1-10-4-5-6(8)2-3-7(5)9/h4H,2-3H2,1H3. The normalized spacial score (nSPS) is 17.9. The summed E-state index contributed by atoms with van der Waals surface area (Å²) in [6, 6.07) is 0. The summed E-state index contributed by atoms with van der Waals surface area (Å²) >= 11 is 0. The Morgan fingerprint density at radius 2 is 1.80 bits per heavy atom. The number of allylic oxidation sites excluding steroid dienone is 1. The second-order valence-electron chi connectivity index (χ2n) is 2.11. The summed E-state index contributed by atoms with van der Waals surface area (Å²) in [6.07, 6.45) is 1.90. The molecular weight excluding hydrogens is 132 g/mol. The van der Waals surface area contributed by atoms with Gasteiger partial charge in [0.25, 0.3) is 0 Å². The first-order valence-corrected chi connectivity index (χ1v) is 3.05. The second kappa shape index (κ2) is 2.64. The maximum Gasteiger partial charge on any atom is 0.170 e. The Hall–Kier alpha value is -1.12. The molecule has 0 aromatic heterocycles. The number of rotatable bonds is 1. The summed E-state index contributed by atoms with van der Waals surface area (Å²) in [6.45, 7) is 0. The highest BCUT2D eigenvalue weighted by atomic mass is 16.5. The Labute approximate surface area is 58.7 Å². The molecule has 54 valence electrons. The minimum Gasteiger partial charge on any atom is -0.503 e. The van der Waals surface area contributed by atoms with E-state index in [4.69, 9.17) is 0 Å². The molecule has 1 rings (SSSR count). The van der Waals surface area contributed by atoms with Gasteiger partial charge in [0, 0.05) is 12.8 Å². The van der Waals surface area contributed by atoms with E-state index in [1.54, 1.807) is 0 Å². The summed E-state index contributed by atoms with van der Waals surface area (Å²) in [5, 5.41) is 0. The summed E-state index contributed by atoms with van der Waals surface area (Å²) < 4.78 is 4.56. The van der Waals surface area contributed by atoms with Gasteiger partial charge >= 0.3 is 0 Å². The van der Waals surface area contributed by atoms with Crippen molar-refractivity contribution in [1.29, 1.82) is 0 Å². The van der Waals surface area contributed by atoms with Gasteiger partial charge in [-0.3, -0.25) is 9.59 Å². The molecule has 0 aliphatic heterocycles. The molecule has 1 saturated carbocycles. The maximum absolute atomic E-state index is 10.8. The molecule has 0 bridgehead atoms. The Balaban J connectivity index is 2.82. The van der Waals surface area contributed by atoms with Crippen molar-refractivity contribution in [3.05, 3.63) is 11.8 Å². The molecule has 1 aliphatic rings. The van der Waals surface area contributed by atoms with Crippen LogP contribution >= 0.6 is 0 Å². The summed E-state index contributed by atoms with van der Waals surface area (Å²) in [4.78, 5) is 21.6. The average molecular weight is 140 g/mol. The first-order valence-electron chi connectivity index (χ1n) is 3.05. The highest BCUT2D eigenvalue weighted by Gasteiger charge is 2.25. The SMILES string of the molecule is COC=C1C(=O)CCC1=O. The number of carbonyl (C=O) groups excluding carboxylic acids is 2. The molecule has 1 fully saturated rings. The minimum atomic E-state index is -0.105. The van der Waals surface area contributed by atoms with E-state index >= 15 is 0 Å². The average Bonchev–Trinajstić information content (AvgIpc) is 2.20. The Morgan fingerprint density at radius 1 is 1.30 bits per heavy atom. The molecule has 0 aromatic carbocycles. The van der Waals surface area contributed by atoms with Crippen LogP contribution in [-0.2, 0) is 14.3 Å². The molecule has 3 heteroatoms. The van der Waals surface area contributed by atoms with Gasteiger partial charge in [-0.2, -0.15) is 0 Å². The van der Waals surface area contributed by atoms with Crippen LogP contribution in [0.1, 0.15) is 12.8 Å². The van der Waals surface area contributed by atoms with Crippen LogP contribution in [0.25, 0.3) is 0 Å². The number of ether oxygens (including phenoxy) is 1. The van der Waals surface area contributed by atoms with Gasteiger partial charge in [0.2, 0.25) is 0 Å². The van der Waals surface area contributed by atoms with Crippen LogP contribution in [0.2, 0.25) is 0 Å². The molecule has 0 aromatic rings. The lowest BCUT2D eigenvalue weighted by molar-refractivity contribution is -0.116. The van der Waals surface area contributed by atoms with E-state index in [1.165, 1.54) is 13.4 Å². The van der Waals surface area contributed by atoms with Crippen LogP contribution in [0, 0.1) is 0 Å². The first kappa shape index (κ1) is 6.99. The van der Waals surface area contributed by atoms with Gasteiger partial charge in [0.05, 0.1) is 18.9 Å². The predicted molar refractivity (Wildman–Crippen MR) is 34.3 cm³/mol. The van der Waals surface area contributed by atoms with Crippen molar-refractivity contribution in [2.75, 3.05) is 7.11 Å². The van der Waals surface area contributed by atoms with Crippen molar-refractivity contribution in [2.45, 2.75) is 12.8 Å². The molecule has 0 amide bonds. The zero-order chi connectivity index (χ0) is 7.56. The second-order valence-corrected chi connectivity index (χ2v) is 2.11. The molecular formula is C7H8O3. The molecule has 0 N–H and O–H groups in total. The van der Waals surface area contributed by atoms with E-state index < -0.39 is 0 Å². The fourth-order valence-electron chi connectivity index (χ4n) is 0.901. The molecule has 0 spiro atoms. The topological polar surface area (TPSA) is 43.4 Å². The molecule has 0 heterocycles. The molecule has 0 atom stereocenters. The predicted octanol–water partition coefficient (Wildman–Crippen LogP) is 0.449. The Morgan fingerprint density at radius 3 is 2.20 bits per heavy atom. The van der Waals surface area contributed by atoms with Gasteiger partial charge in [-0.1, -0.05) is 0 Å². The molecule has 0 saturated heterocycles. The maximum atomic E-state index is 10.8. The number of ketones is 2. The zero-order valence-electron chi connectivity index (χ0n) is 5.72. The van der Waals surface area contributed by atoms with E-state index in [-0.39, 0.29) is 17.1 Å². The highest BCUT2D eigenvalue weighted by Crippen LogP contribution is 2.15. The molecule has 1 aliphatic carbocycles. The van der Waals surface area contributed by atoms with E-state index in [2.05, 4.69) is 4.74 Å². The van der Waals surface area contributed by atoms with Crippen LogP contribution in [0.4, 0.5) is 0 Å². The van der Waals surface area contributed by atoms with E-state index in [0.717, 1.165) is 0 Å². The van der Waals surface area contributed by atoms with Crippen molar-refractivity contribution < 1.29 is 14.3 Å². The van der Waals surface area contributed by atoms with Gasteiger partial charge in [-0.15, -0.1) is 0 Å². The highest BCUT2D eigenvalue weighted by molar-refractivity contribution is 6.24. The molecule has 10 heavy (non-hydrogen) atoms. The largest absolute Gasteiger partial charge is 0.503 e. The third kappa shape index (κ3) is 1.07. The van der Waals surface area contributed by atoms with Crippen LogP contribution < -0.4 is 0 Å². The Bertz CT molecular complexity index is 185. The van der Waals surface area contributed by atoms with Gasteiger partial charge in [0.15, 0.2) is 11.6 Å². The van der Waals surface area contributed by atoms with Crippen molar-refractivity contribution in [2.24, 2.45) is 0 Å². The summed E-state index contributed by atoms with van der Waals surface area (Å²) in [5.74, 6) is -0.210. The third-order valence-electron chi connectivity index (χ3n) is 1.42. The Kier molecular flexibility index (Phi) is 1.85. The monoisotopic (exact) mass is 140 g/mol. The number of hydrogen-bond donors (Lipinski definition) is 0. The first-order chi connectivity index (χ1) is 4.75. The fraction of sp³-hybridized carbons (Fsp3) is 0.429. The number of Topliss-reactive ketones (excluding diaryl/α,β-unsaturated/α-hetero) is 2. The lowest BCUT2D eigenvalue weighted by Gasteiger charge is -1.90. The van der Waals surface area contributed by atoms with Crippen molar-refractivity contribution in [3.63, 3.8) is 0 Å². The van der Waals surface area contributed by atoms with Crippen LogP contribution in [-0.4, -0.2) is 18.7 Å². The van der Waals surface area contributed by atoms with Crippen LogP contribution in [0.15, 0.2) is 11.8 Å². The van der Waals surface area contributed by atoms with Crippen molar-refractivity contribution >= 4 is 11.6 Å². The number of carbonyl (C=O) groups is 2. The van der Waals surface area contributed by atoms with Gasteiger partial charge in [-0.05, 0) is 0 Å². The quantitative estimate of drug-likeness (QED) is 0.301. The number of hydrogen-bond acceptors (Lipinski definition) is 3. The smallest absolute Gasteiger partial charge is 0.170 e. The zero-order valence-corrected chi connectivity index (χ0v) is 5.72. The summed E-state index contributed by atoms with van der Waals surface area (Å²) in [5.41, 5.74) is 0.211. The van der Waals surface area contributed by atoms with E-state index in [9.17, 15) is 9.59 Å².